The predicted octanol–water partition coefficient (Wildman–Crippen LogP) is 2.04. The van der Waals surface area contributed by atoms with E-state index in [4.69, 9.17) is 14.0 Å². The van der Waals surface area contributed by atoms with Gasteiger partial charge in [0.2, 0.25) is 11.7 Å². The van der Waals surface area contributed by atoms with Crippen molar-refractivity contribution < 1.29 is 14.0 Å². The van der Waals surface area contributed by atoms with Crippen LogP contribution in [0.3, 0.4) is 0 Å². The van der Waals surface area contributed by atoms with Crippen LogP contribution in [0.1, 0.15) is 51.2 Å². The van der Waals surface area contributed by atoms with Gasteiger partial charge in [0.15, 0.2) is 0 Å². The lowest BCUT2D eigenvalue weighted by Gasteiger charge is -2.32. The third-order valence-electron chi connectivity index (χ3n) is 4.12. The molecule has 2 heterocycles. The first-order valence-corrected chi connectivity index (χ1v) is 7.93. The molecule has 21 heavy (non-hydrogen) atoms. The molecule has 1 aromatic rings. The zero-order chi connectivity index (χ0) is 15.1. The van der Waals surface area contributed by atoms with Gasteiger partial charge in [-0.05, 0) is 13.0 Å². The second kappa shape index (κ2) is 7.87. The average molecular weight is 297 g/mol. The third-order valence-corrected chi connectivity index (χ3v) is 4.12. The zero-order valence-electron chi connectivity index (χ0n) is 13.4. The lowest BCUT2D eigenvalue weighted by atomic mass is 9.93. The van der Waals surface area contributed by atoms with Gasteiger partial charge in [0.05, 0.1) is 0 Å². The minimum absolute atomic E-state index is 0.390. The number of nitrogens with zero attached hydrogens (tertiary/aromatic N) is 2. The highest BCUT2D eigenvalue weighted by Crippen LogP contribution is 2.33. The number of methoxy groups -OCH3 is 1. The maximum Gasteiger partial charge on any atom is 0.228 e. The van der Waals surface area contributed by atoms with Crippen molar-refractivity contribution in [3.05, 3.63) is 11.7 Å². The van der Waals surface area contributed by atoms with Gasteiger partial charge < -0.3 is 19.3 Å². The lowest BCUT2D eigenvalue weighted by Crippen LogP contribution is -2.36. The van der Waals surface area contributed by atoms with Crippen molar-refractivity contribution in [3.8, 4) is 0 Å². The van der Waals surface area contributed by atoms with Crippen LogP contribution in [-0.2, 0) is 21.5 Å². The van der Waals surface area contributed by atoms with Crippen LogP contribution in [-0.4, -0.2) is 43.1 Å². The van der Waals surface area contributed by atoms with Gasteiger partial charge in [0.25, 0.3) is 0 Å². The second-order valence-corrected chi connectivity index (χ2v) is 5.57. The van der Waals surface area contributed by atoms with Crippen molar-refractivity contribution in [2.45, 2.75) is 57.6 Å². The van der Waals surface area contributed by atoms with E-state index >= 15 is 0 Å². The van der Waals surface area contributed by atoms with Crippen molar-refractivity contribution in [1.82, 2.24) is 15.5 Å². The van der Waals surface area contributed by atoms with Gasteiger partial charge in [-0.15, -0.1) is 0 Å². The molecule has 1 unspecified atom stereocenters. The van der Waals surface area contributed by atoms with E-state index in [2.05, 4.69) is 29.3 Å². The summed E-state index contributed by atoms with van der Waals surface area (Å²) in [5, 5.41) is 7.63. The first-order valence-electron chi connectivity index (χ1n) is 7.93. The third kappa shape index (κ3) is 4.02. The molecule has 1 aliphatic rings. The van der Waals surface area contributed by atoms with E-state index in [0.717, 1.165) is 38.6 Å². The molecule has 1 aromatic heterocycles. The monoisotopic (exact) mass is 297 g/mol. The Balaban J connectivity index is 2.05. The highest BCUT2D eigenvalue weighted by molar-refractivity contribution is 5.03. The molecule has 1 N–H and O–H groups in total. The molecular weight excluding hydrogens is 270 g/mol. The van der Waals surface area contributed by atoms with Crippen LogP contribution in [0.2, 0.25) is 0 Å². The topological polar surface area (TPSA) is 69.4 Å². The van der Waals surface area contributed by atoms with Crippen LogP contribution in [0.25, 0.3) is 0 Å². The normalized spacial score (nSPS) is 19.6. The summed E-state index contributed by atoms with van der Waals surface area (Å²) < 4.78 is 16.6. The summed E-state index contributed by atoms with van der Waals surface area (Å²) in [5.41, 5.74) is -0.446. The standard InChI is InChI=1S/C15H27N3O3/c1-4-6-12(16-5-2)11-13-17-14(18-21-13)15(19-3)7-9-20-10-8-15/h12,16H,4-11H2,1-3H3. The molecule has 1 aliphatic heterocycles. The Morgan fingerprint density at radius 3 is 2.71 bits per heavy atom. The minimum Gasteiger partial charge on any atom is -0.381 e. The fraction of sp³-hybridized carbons (Fsp3) is 0.867. The molecular formula is C15H27N3O3. The molecule has 0 radical (unpaired) electrons. The molecule has 0 aromatic carbocycles. The van der Waals surface area contributed by atoms with Gasteiger partial charge in [-0.25, -0.2) is 0 Å². The zero-order valence-corrected chi connectivity index (χ0v) is 13.4. The smallest absolute Gasteiger partial charge is 0.228 e. The highest BCUT2D eigenvalue weighted by atomic mass is 16.5. The van der Waals surface area contributed by atoms with E-state index in [1.165, 1.54) is 0 Å². The van der Waals surface area contributed by atoms with Gasteiger partial charge in [-0.2, -0.15) is 4.98 Å². The molecule has 0 bridgehead atoms. The number of rotatable bonds is 8. The summed E-state index contributed by atoms with van der Waals surface area (Å²) in [6, 6.07) is 0.390. The van der Waals surface area contributed by atoms with Crippen LogP contribution in [0.15, 0.2) is 4.52 Å². The van der Waals surface area contributed by atoms with E-state index < -0.39 is 5.60 Å². The van der Waals surface area contributed by atoms with E-state index in [9.17, 15) is 0 Å². The molecule has 120 valence electrons. The molecule has 1 saturated heterocycles. The molecule has 6 nitrogen and oxygen atoms in total. The van der Waals surface area contributed by atoms with Crippen LogP contribution in [0.5, 0.6) is 0 Å². The quantitative estimate of drug-likeness (QED) is 0.792. The van der Waals surface area contributed by atoms with Crippen LogP contribution in [0.4, 0.5) is 0 Å². The van der Waals surface area contributed by atoms with Gasteiger partial charge >= 0.3 is 0 Å². The molecule has 1 atom stereocenters. The Hall–Kier alpha value is -0.980. The summed E-state index contributed by atoms with van der Waals surface area (Å²) in [7, 11) is 1.71. The van der Waals surface area contributed by atoms with E-state index in [1.54, 1.807) is 7.11 Å². The number of hydrogen-bond donors (Lipinski definition) is 1. The number of hydrogen-bond acceptors (Lipinski definition) is 6. The number of ether oxygens (including phenoxy) is 2. The van der Waals surface area contributed by atoms with Crippen LogP contribution >= 0.6 is 0 Å². The van der Waals surface area contributed by atoms with Gasteiger partial charge in [-0.1, -0.05) is 25.4 Å². The first kappa shape index (κ1) is 16.4. The molecule has 6 heteroatoms. The van der Waals surface area contributed by atoms with Crippen molar-refractivity contribution in [3.63, 3.8) is 0 Å². The number of nitrogens with one attached hydrogen (secondary N) is 1. The largest absolute Gasteiger partial charge is 0.381 e. The van der Waals surface area contributed by atoms with Crippen LogP contribution in [0, 0.1) is 0 Å². The van der Waals surface area contributed by atoms with Crippen LogP contribution < -0.4 is 5.32 Å². The predicted molar refractivity (Wildman–Crippen MR) is 79.1 cm³/mol. The van der Waals surface area contributed by atoms with E-state index in [-0.39, 0.29) is 0 Å². The fourth-order valence-electron chi connectivity index (χ4n) is 2.87. The average Bonchev–Trinajstić information content (AvgIpc) is 2.97. The van der Waals surface area contributed by atoms with E-state index in [1.807, 2.05) is 0 Å². The molecule has 1 fully saturated rings. The summed E-state index contributed by atoms with van der Waals surface area (Å²) in [6.07, 6.45) is 4.56. The minimum atomic E-state index is -0.446. The van der Waals surface area contributed by atoms with E-state index in [0.29, 0.717) is 31.0 Å². The maximum absolute atomic E-state index is 5.70. The Labute approximate surface area is 126 Å². The number of likely N-dealkylation sites (N-methyl/N-ethyl adjacent to an activating group) is 1. The van der Waals surface area contributed by atoms with Crippen molar-refractivity contribution >= 4 is 0 Å². The van der Waals surface area contributed by atoms with Crippen molar-refractivity contribution in [2.24, 2.45) is 0 Å². The SMILES string of the molecule is CCCC(Cc1nc(C2(OC)CCOCC2)no1)NCC. The Morgan fingerprint density at radius 2 is 2.10 bits per heavy atom. The highest BCUT2D eigenvalue weighted by Gasteiger charge is 2.39. The molecule has 0 amide bonds. The Kier molecular flexibility index (Phi) is 6.14. The van der Waals surface area contributed by atoms with Crippen molar-refractivity contribution in [2.75, 3.05) is 26.9 Å². The Morgan fingerprint density at radius 1 is 1.33 bits per heavy atom. The van der Waals surface area contributed by atoms with Gasteiger partial charge in [0, 0.05) is 45.6 Å². The summed E-state index contributed by atoms with van der Waals surface area (Å²) in [6.45, 7) is 6.60. The molecule has 0 saturated carbocycles. The van der Waals surface area contributed by atoms with Crippen molar-refractivity contribution in [1.29, 1.82) is 0 Å². The molecule has 2 rings (SSSR count). The van der Waals surface area contributed by atoms with Gasteiger partial charge in [0.1, 0.15) is 5.60 Å². The maximum atomic E-state index is 5.70. The summed E-state index contributed by atoms with van der Waals surface area (Å²) in [5.74, 6) is 1.35. The first-order chi connectivity index (χ1) is 10.2. The Bertz CT molecular complexity index is 410. The fourth-order valence-corrected chi connectivity index (χ4v) is 2.87. The number of aromatic nitrogens is 2. The summed E-state index contributed by atoms with van der Waals surface area (Å²) >= 11 is 0. The second-order valence-electron chi connectivity index (χ2n) is 5.57. The summed E-state index contributed by atoms with van der Waals surface area (Å²) in [4.78, 5) is 4.58. The van der Waals surface area contributed by atoms with Gasteiger partial charge in [-0.3, -0.25) is 0 Å². The molecule has 0 aliphatic carbocycles. The molecule has 0 spiro atoms. The lowest BCUT2D eigenvalue weighted by molar-refractivity contribution is -0.101.